The third kappa shape index (κ3) is 4.16. The Labute approximate surface area is 204 Å². The fraction of sp³-hybridized carbons (Fsp3) is 0.0800. The quantitative estimate of drug-likeness (QED) is 0.335. The summed E-state index contributed by atoms with van der Waals surface area (Å²) in [5, 5.41) is 8.26. The maximum atomic E-state index is 14.0. The lowest BCUT2D eigenvalue weighted by Crippen LogP contribution is -2.46. The Balaban J connectivity index is 1.65. The summed E-state index contributed by atoms with van der Waals surface area (Å²) in [7, 11) is 0. The van der Waals surface area contributed by atoms with Crippen LogP contribution in [-0.4, -0.2) is 16.2 Å². The van der Waals surface area contributed by atoms with Gasteiger partial charge in [-0.05, 0) is 67.1 Å². The summed E-state index contributed by atoms with van der Waals surface area (Å²) in [5.74, 6) is 0.141. The van der Waals surface area contributed by atoms with Crippen LogP contribution in [0.2, 0.25) is 10.0 Å². The van der Waals surface area contributed by atoms with Gasteiger partial charge in [-0.15, -0.1) is 0 Å². The standard InChI is InChI=1S/C25H17Cl2FN4O2/c1-14-21(24-30-23(31-34-24)16-7-11-18(27)12-8-16)22(15-5-9-17(26)10-6-15)29-25(33)32(14)20-4-2-3-19(28)13-20/h2-13,22H,1H3,(H,29,33). The first-order chi connectivity index (χ1) is 16.4. The van der Waals surface area contributed by atoms with Gasteiger partial charge in [-0.1, -0.05) is 46.6 Å². The minimum atomic E-state index is -0.590. The number of anilines is 1. The van der Waals surface area contributed by atoms with Crippen LogP contribution in [0.5, 0.6) is 0 Å². The molecule has 5 rings (SSSR count). The van der Waals surface area contributed by atoms with Crippen LogP contribution in [0.25, 0.3) is 17.0 Å². The van der Waals surface area contributed by atoms with Gasteiger partial charge in [0.15, 0.2) is 0 Å². The van der Waals surface area contributed by atoms with Gasteiger partial charge in [-0.25, -0.2) is 9.18 Å². The molecule has 1 aromatic heterocycles. The maximum absolute atomic E-state index is 14.0. The van der Waals surface area contributed by atoms with Crippen molar-refractivity contribution in [3.05, 3.63) is 106 Å². The van der Waals surface area contributed by atoms with E-state index in [-0.39, 0.29) is 5.89 Å². The number of amides is 2. The molecule has 0 spiro atoms. The van der Waals surface area contributed by atoms with Crippen molar-refractivity contribution >= 4 is 40.5 Å². The van der Waals surface area contributed by atoms with Crippen LogP contribution in [-0.2, 0) is 0 Å². The molecule has 9 heteroatoms. The van der Waals surface area contributed by atoms with Crippen molar-refractivity contribution in [2.45, 2.75) is 13.0 Å². The molecule has 0 saturated carbocycles. The van der Waals surface area contributed by atoms with Gasteiger partial charge in [0.25, 0.3) is 5.89 Å². The summed E-state index contributed by atoms with van der Waals surface area (Å²) in [6.45, 7) is 1.76. The number of hydrogen-bond acceptors (Lipinski definition) is 4. The molecule has 3 aromatic carbocycles. The van der Waals surface area contributed by atoms with Gasteiger partial charge in [0.05, 0.1) is 17.3 Å². The van der Waals surface area contributed by atoms with Crippen molar-refractivity contribution in [1.29, 1.82) is 0 Å². The highest BCUT2D eigenvalue weighted by atomic mass is 35.5. The van der Waals surface area contributed by atoms with E-state index in [1.807, 2.05) is 12.1 Å². The molecule has 2 heterocycles. The van der Waals surface area contributed by atoms with Crippen molar-refractivity contribution < 1.29 is 13.7 Å². The first-order valence-electron chi connectivity index (χ1n) is 10.3. The minimum absolute atomic E-state index is 0.226. The molecule has 6 nitrogen and oxygen atoms in total. The number of carbonyl (C=O) groups excluding carboxylic acids is 1. The summed E-state index contributed by atoms with van der Waals surface area (Å²) in [6.07, 6.45) is 0. The van der Waals surface area contributed by atoms with E-state index in [0.29, 0.717) is 32.8 Å². The van der Waals surface area contributed by atoms with Crippen molar-refractivity contribution in [3.8, 4) is 11.4 Å². The fourth-order valence-electron chi connectivity index (χ4n) is 3.90. The Morgan fingerprint density at radius 2 is 1.68 bits per heavy atom. The van der Waals surface area contributed by atoms with Crippen molar-refractivity contribution in [2.24, 2.45) is 0 Å². The summed E-state index contributed by atoms with van der Waals surface area (Å²) in [6, 6.07) is 19.0. The molecule has 0 saturated heterocycles. The Hall–Kier alpha value is -3.68. The predicted octanol–water partition coefficient (Wildman–Crippen LogP) is 6.88. The highest BCUT2D eigenvalue weighted by molar-refractivity contribution is 6.30. The second-order valence-electron chi connectivity index (χ2n) is 7.68. The van der Waals surface area contributed by atoms with Gasteiger partial charge in [0.1, 0.15) is 5.82 Å². The number of urea groups is 1. The van der Waals surface area contributed by atoms with Gasteiger partial charge in [-0.3, -0.25) is 4.90 Å². The topological polar surface area (TPSA) is 71.3 Å². The number of hydrogen-bond donors (Lipinski definition) is 1. The highest BCUT2D eigenvalue weighted by Crippen LogP contribution is 2.39. The second kappa shape index (κ2) is 8.93. The van der Waals surface area contributed by atoms with Gasteiger partial charge in [0, 0.05) is 21.3 Å². The molecule has 0 fully saturated rings. The van der Waals surface area contributed by atoms with Crippen molar-refractivity contribution in [1.82, 2.24) is 15.5 Å². The summed E-state index contributed by atoms with van der Waals surface area (Å²) >= 11 is 12.1. The number of nitrogens with zero attached hydrogens (tertiary/aromatic N) is 3. The molecule has 1 N–H and O–H groups in total. The van der Waals surface area contributed by atoms with Crippen LogP contribution in [0.3, 0.4) is 0 Å². The average Bonchev–Trinajstić information content (AvgIpc) is 3.29. The number of halogens is 3. The highest BCUT2D eigenvalue weighted by Gasteiger charge is 2.36. The molecule has 170 valence electrons. The normalized spacial score (nSPS) is 16.1. The molecular weight excluding hydrogens is 478 g/mol. The third-order valence-electron chi connectivity index (χ3n) is 5.51. The zero-order valence-corrected chi connectivity index (χ0v) is 19.3. The number of benzene rings is 3. The van der Waals surface area contributed by atoms with E-state index in [1.54, 1.807) is 55.5 Å². The SMILES string of the molecule is CC1=C(c2nc(-c3ccc(Cl)cc3)no2)C(c2ccc(Cl)cc2)NC(=O)N1c1cccc(F)c1. The molecular formula is C25H17Cl2FN4O2. The van der Waals surface area contributed by atoms with Crippen LogP contribution >= 0.6 is 23.2 Å². The molecule has 1 unspecified atom stereocenters. The Morgan fingerprint density at radius 1 is 1.00 bits per heavy atom. The zero-order chi connectivity index (χ0) is 23.8. The van der Waals surface area contributed by atoms with E-state index in [2.05, 4.69) is 15.5 Å². The molecule has 0 radical (unpaired) electrons. The smallest absolute Gasteiger partial charge is 0.327 e. The van der Waals surface area contributed by atoms with E-state index in [1.165, 1.54) is 17.0 Å². The molecule has 4 aromatic rings. The molecule has 0 bridgehead atoms. The minimum Gasteiger partial charge on any atom is -0.334 e. The van der Waals surface area contributed by atoms with E-state index < -0.39 is 17.9 Å². The first kappa shape index (κ1) is 22.1. The third-order valence-corrected chi connectivity index (χ3v) is 6.02. The van der Waals surface area contributed by atoms with Gasteiger partial charge in [-0.2, -0.15) is 4.98 Å². The fourth-order valence-corrected chi connectivity index (χ4v) is 4.15. The largest absolute Gasteiger partial charge is 0.334 e. The van der Waals surface area contributed by atoms with E-state index in [0.717, 1.165) is 11.1 Å². The zero-order valence-electron chi connectivity index (χ0n) is 17.8. The molecule has 2 amide bonds. The lowest BCUT2D eigenvalue weighted by atomic mass is 9.94. The molecule has 1 aliphatic rings. The van der Waals surface area contributed by atoms with Gasteiger partial charge >= 0.3 is 6.03 Å². The van der Waals surface area contributed by atoms with E-state index in [9.17, 15) is 9.18 Å². The lowest BCUT2D eigenvalue weighted by Gasteiger charge is -2.35. The number of aromatic nitrogens is 2. The number of nitrogens with one attached hydrogen (secondary N) is 1. The molecule has 34 heavy (non-hydrogen) atoms. The van der Waals surface area contributed by atoms with Crippen LogP contribution in [0.1, 0.15) is 24.4 Å². The molecule has 1 aliphatic heterocycles. The van der Waals surface area contributed by atoms with Crippen molar-refractivity contribution in [2.75, 3.05) is 4.90 Å². The van der Waals surface area contributed by atoms with E-state index >= 15 is 0 Å². The Morgan fingerprint density at radius 3 is 2.35 bits per heavy atom. The molecule has 0 aliphatic carbocycles. The summed E-state index contributed by atoms with van der Waals surface area (Å²) in [4.78, 5) is 19.1. The monoisotopic (exact) mass is 494 g/mol. The van der Waals surface area contributed by atoms with E-state index in [4.69, 9.17) is 27.7 Å². The van der Waals surface area contributed by atoms with Gasteiger partial charge in [0.2, 0.25) is 5.82 Å². The Kier molecular flexibility index (Phi) is 5.81. The maximum Gasteiger partial charge on any atom is 0.327 e. The van der Waals surface area contributed by atoms with Crippen LogP contribution in [0.15, 0.2) is 83.0 Å². The van der Waals surface area contributed by atoms with Crippen molar-refractivity contribution in [3.63, 3.8) is 0 Å². The number of carbonyl (C=O) groups is 1. The predicted molar refractivity (Wildman–Crippen MR) is 129 cm³/mol. The average molecular weight is 495 g/mol. The van der Waals surface area contributed by atoms with Crippen LogP contribution in [0.4, 0.5) is 14.9 Å². The van der Waals surface area contributed by atoms with Gasteiger partial charge < -0.3 is 9.84 Å². The van der Waals surface area contributed by atoms with Crippen LogP contribution < -0.4 is 10.2 Å². The first-order valence-corrected chi connectivity index (χ1v) is 11.1. The summed E-state index contributed by atoms with van der Waals surface area (Å²) < 4.78 is 19.6. The second-order valence-corrected chi connectivity index (χ2v) is 8.55. The number of allylic oxidation sites excluding steroid dienone is 1. The lowest BCUT2D eigenvalue weighted by molar-refractivity contribution is 0.244. The summed E-state index contributed by atoms with van der Waals surface area (Å²) in [5.41, 5.74) is 2.98. The number of rotatable bonds is 4. The molecule has 1 atom stereocenters. The van der Waals surface area contributed by atoms with Crippen LogP contribution in [0, 0.1) is 5.82 Å². The Bertz CT molecular complexity index is 1400.